The number of thiol groups is 1. The van der Waals surface area contributed by atoms with E-state index in [1.165, 1.54) is 7.11 Å². The molecular weight excluding hydrogens is 304 g/mol. The van der Waals surface area contributed by atoms with Crippen LogP contribution < -0.4 is 0 Å². The molecule has 0 aromatic carbocycles. The van der Waals surface area contributed by atoms with Crippen LogP contribution in [0.25, 0.3) is 0 Å². The Morgan fingerprint density at radius 2 is 2.32 bits per heavy atom. The number of ketones is 1. The molecule has 108 valence electrons. The fraction of sp³-hybridized carbons (Fsp3) is 0.667. The summed E-state index contributed by atoms with van der Waals surface area (Å²) in [5.74, 6) is 2.35. The molecule has 0 heterocycles. The van der Waals surface area contributed by atoms with Crippen molar-refractivity contribution in [2.75, 3.05) is 31.0 Å². The Morgan fingerprint density at radius 1 is 1.53 bits per heavy atom. The summed E-state index contributed by atoms with van der Waals surface area (Å²) >= 11 is 6.84. The number of carbonyl (C=O) groups is 2. The third-order valence-electron chi connectivity index (χ3n) is 2.54. The summed E-state index contributed by atoms with van der Waals surface area (Å²) in [6.45, 7) is 0.480. The Kier molecular flexibility index (Phi) is 8.69. The van der Waals surface area contributed by atoms with Gasteiger partial charge in [0.05, 0.1) is 19.5 Å². The van der Waals surface area contributed by atoms with Gasteiger partial charge in [0.15, 0.2) is 5.78 Å². The first-order chi connectivity index (χ1) is 9.17. The fourth-order valence-corrected chi connectivity index (χ4v) is 3.79. The average Bonchev–Trinajstić information content (AvgIpc) is 2.74. The van der Waals surface area contributed by atoms with Crippen molar-refractivity contribution >= 4 is 48.2 Å². The third-order valence-corrected chi connectivity index (χ3v) is 4.87. The van der Waals surface area contributed by atoms with Crippen molar-refractivity contribution in [1.29, 1.82) is 0 Å². The summed E-state index contributed by atoms with van der Waals surface area (Å²) in [5, 5.41) is 0. The van der Waals surface area contributed by atoms with Gasteiger partial charge < -0.3 is 8.92 Å². The molecule has 0 saturated heterocycles. The van der Waals surface area contributed by atoms with Crippen molar-refractivity contribution in [2.24, 2.45) is 5.92 Å². The first-order valence-electron chi connectivity index (χ1n) is 5.96. The average molecular weight is 322 g/mol. The number of rotatable bonds is 9. The lowest BCUT2D eigenvalue weighted by molar-refractivity contribution is -0.137. The van der Waals surface area contributed by atoms with Crippen LogP contribution in [0.1, 0.15) is 12.8 Å². The topological polar surface area (TPSA) is 52.6 Å². The van der Waals surface area contributed by atoms with E-state index in [9.17, 15) is 9.59 Å². The van der Waals surface area contributed by atoms with Gasteiger partial charge in [0, 0.05) is 17.2 Å². The predicted octanol–water partition coefficient (Wildman–Crippen LogP) is 2.35. The Hall–Kier alpha value is -0.110. The van der Waals surface area contributed by atoms with Gasteiger partial charge in [-0.1, -0.05) is 6.08 Å². The number of ether oxygens (including phenoxy) is 1. The van der Waals surface area contributed by atoms with Gasteiger partial charge in [0.2, 0.25) is 0 Å². The van der Waals surface area contributed by atoms with Gasteiger partial charge in [0.1, 0.15) is 0 Å². The summed E-state index contributed by atoms with van der Waals surface area (Å²) in [6, 6.07) is 0. The van der Waals surface area contributed by atoms with Gasteiger partial charge in [-0.25, -0.2) is 0 Å². The van der Waals surface area contributed by atoms with E-state index in [4.69, 9.17) is 4.18 Å². The molecule has 0 amide bonds. The highest BCUT2D eigenvalue weighted by Crippen LogP contribution is 2.30. The molecule has 0 aromatic rings. The Labute approximate surface area is 127 Å². The number of methoxy groups -OCH3 is 1. The first kappa shape index (κ1) is 16.9. The van der Waals surface area contributed by atoms with E-state index in [2.05, 4.69) is 17.6 Å². The van der Waals surface area contributed by atoms with Crippen LogP contribution in [0, 0.1) is 5.92 Å². The van der Waals surface area contributed by atoms with Crippen molar-refractivity contribution in [3.8, 4) is 0 Å². The minimum absolute atomic E-state index is 0.168. The smallest absolute Gasteiger partial charge is 0.315 e. The van der Waals surface area contributed by atoms with E-state index in [-0.39, 0.29) is 17.7 Å². The van der Waals surface area contributed by atoms with Crippen molar-refractivity contribution in [3.63, 3.8) is 0 Å². The molecule has 0 spiro atoms. The monoisotopic (exact) mass is 322 g/mol. The van der Waals surface area contributed by atoms with Gasteiger partial charge in [0.25, 0.3) is 0 Å². The van der Waals surface area contributed by atoms with E-state index in [0.29, 0.717) is 18.8 Å². The molecule has 1 aliphatic carbocycles. The molecule has 4 nitrogen and oxygen atoms in total. The number of carbonyl (C=O) groups excluding carboxylic acids is 2. The van der Waals surface area contributed by atoms with Crippen LogP contribution in [-0.2, 0) is 18.5 Å². The number of esters is 1. The van der Waals surface area contributed by atoms with Crippen LogP contribution in [0.15, 0.2) is 11.0 Å². The first-order valence-corrected chi connectivity index (χ1v) is 8.46. The van der Waals surface area contributed by atoms with Crippen molar-refractivity contribution < 1.29 is 18.5 Å². The molecule has 0 N–H and O–H groups in total. The molecule has 0 aliphatic heterocycles. The second-order valence-corrected chi connectivity index (χ2v) is 6.54. The highest BCUT2D eigenvalue weighted by molar-refractivity contribution is 8.04. The summed E-state index contributed by atoms with van der Waals surface area (Å²) in [7, 11) is 1.39. The van der Waals surface area contributed by atoms with Gasteiger partial charge >= 0.3 is 5.97 Å². The molecule has 0 saturated carbocycles. The maximum absolute atomic E-state index is 11.7. The molecule has 7 heteroatoms. The van der Waals surface area contributed by atoms with Crippen LogP contribution >= 0.6 is 36.4 Å². The van der Waals surface area contributed by atoms with Crippen LogP contribution in [0.4, 0.5) is 0 Å². The van der Waals surface area contributed by atoms with E-state index >= 15 is 0 Å². The highest BCUT2D eigenvalue weighted by atomic mass is 32.2. The molecule has 0 fully saturated rings. The van der Waals surface area contributed by atoms with E-state index in [1.807, 2.05) is 6.08 Å². The van der Waals surface area contributed by atoms with Gasteiger partial charge in [-0.2, -0.15) is 11.8 Å². The molecule has 0 bridgehead atoms. The van der Waals surface area contributed by atoms with Crippen LogP contribution in [0.3, 0.4) is 0 Å². The molecule has 0 unspecified atom stereocenters. The van der Waals surface area contributed by atoms with Gasteiger partial charge in [-0.15, -0.1) is 11.8 Å². The highest BCUT2D eigenvalue weighted by Gasteiger charge is 2.23. The minimum Gasteiger partial charge on any atom is -0.468 e. The zero-order valence-corrected chi connectivity index (χ0v) is 13.3. The van der Waals surface area contributed by atoms with Crippen LogP contribution in [-0.4, -0.2) is 42.7 Å². The Bertz CT molecular complexity index is 344. The molecule has 0 aromatic heterocycles. The van der Waals surface area contributed by atoms with E-state index in [0.717, 1.165) is 22.8 Å². The van der Waals surface area contributed by atoms with E-state index < -0.39 is 0 Å². The van der Waals surface area contributed by atoms with Crippen molar-refractivity contribution in [1.82, 2.24) is 0 Å². The predicted molar refractivity (Wildman–Crippen MR) is 82.6 cm³/mol. The van der Waals surface area contributed by atoms with Gasteiger partial charge in [-0.3, -0.25) is 9.59 Å². The van der Waals surface area contributed by atoms with Crippen LogP contribution in [0.5, 0.6) is 0 Å². The number of hydrogen-bond donors (Lipinski definition) is 1. The third kappa shape index (κ3) is 6.74. The maximum Gasteiger partial charge on any atom is 0.315 e. The second kappa shape index (κ2) is 9.74. The summed E-state index contributed by atoms with van der Waals surface area (Å²) < 4.78 is 9.30. The molecule has 1 rings (SSSR count). The Morgan fingerprint density at radius 3 is 3.00 bits per heavy atom. The minimum atomic E-state index is -0.194. The quantitative estimate of drug-likeness (QED) is 0.304. The van der Waals surface area contributed by atoms with E-state index in [1.54, 1.807) is 23.5 Å². The number of Topliss-reactive ketones (excluding diaryl/α,β-unsaturated/α-hetero) is 1. The van der Waals surface area contributed by atoms with Crippen molar-refractivity contribution in [2.45, 2.75) is 12.8 Å². The largest absolute Gasteiger partial charge is 0.468 e. The standard InChI is InChI=1S/C12H18O4S3/c1-15-12(14)8-18-3-2-4-19-11-6-9(7-16-17)5-10(11)13/h6,9,17H,2-5,7-8H2,1H3/t9-/m1/s1. The summed E-state index contributed by atoms with van der Waals surface area (Å²) in [4.78, 5) is 23.4. The zero-order chi connectivity index (χ0) is 14.1. The molecular formula is C12H18O4S3. The molecule has 1 aliphatic rings. The van der Waals surface area contributed by atoms with Crippen molar-refractivity contribution in [3.05, 3.63) is 11.0 Å². The molecule has 0 radical (unpaired) electrons. The second-order valence-electron chi connectivity index (χ2n) is 4.04. The Balaban J connectivity index is 2.10. The lowest BCUT2D eigenvalue weighted by Crippen LogP contribution is -2.04. The molecule has 19 heavy (non-hydrogen) atoms. The zero-order valence-electron chi connectivity index (χ0n) is 10.8. The number of allylic oxidation sites excluding steroid dienone is 1. The summed E-state index contributed by atoms with van der Waals surface area (Å²) in [6.07, 6.45) is 3.47. The lowest BCUT2D eigenvalue weighted by Gasteiger charge is -2.01. The SMILES string of the molecule is COC(=O)CSCCCSC1=C[C@H](COS)CC1=O. The maximum atomic E-state index is 11.7. The number of thioether (sulfide) groups is 2. The fourth-order valence-electron chi connectivity index (χ4n) is 1.59. The normalized spacial score (nSPS) is 18.5. The lowest BCUT2D eigenvalue weighted by atomic mass is 10.1. The van der Waals surface area contributed by atoms with Gasteiger partial charge in [-0.05, 0) is 30.8 Å². The molecule has 1 atom stereocenters. The number of hydrogen-bond acceptors (Lipinski definition) is 7. The van der Waals surface area contributed by atoms with Crippen LogP contribution in [0.2, 0.25) is 0 Å². The summed E-state index contributed by atoms with van der Waals surface area (Å²) in [5.41, 5.74) is 0.